The number of fused-ring (bicyclic) bond motifs is 2. The van der Waals surface area contributed by atoms with Crippen molar-refractivity contribution in [3.8, 4) is 11.5 Å². The minimum Gasteiger partial charge on any atom is -0.508 e. The number of aliphatic hydroxyl groups excluding tert-OH is 2. The lowest BCUT2D eigenvalue weighted by Crippen LogP contribution is -2.43. The quantitative estimate of drug-likeness (QED) is 0.116. The van der Waals surface area contributed by atoms with Gasteiger partial charge >= 0.3 is 5.97 Å². The molecule has 1 aliphatic heterocycles. The highest BCUT2D eigenvalue weighted by Gasteiger charge is 2.30. The minimum absolute atomic E-state index is 0.0224. The number of ether oxygens (including phenoxy) is 1. The summed E-state index contributed by atoms with van der Waals surface area (Å²) in [6.07, 6.45) is 8.94. The summed E-state index contributed by atoms with van der Waals surface area (Å²) in [6.45, 7) is 4.09. The predicted octanol–water partition coefficient (Wildman–Crippen LogP) is 5.03. The largest absolute Gasteiger partial charge is 0.508 e. The summed E-state index contributed by atoms with van der Waals surface area (Å²) in [7, 11) is 0. The second-order valence-electron chi connectivity index (χ2n) is 10.9. The van der Waals surface area contributed by atoms with Crippen LogP contribution in [0.2, 0.25) is 0 Å². The molecular weight excluding hydrogens is 552 g/mol. The summed E-state index contributed by atoms with van der Waals surface area (Å²) in [4.78, 5) is 19.7. The normalized spacial score (nSPS) is 19.3. The van der Waals surface area contributed by atoms with Gasteiger partial charge in [0.1, 0.15) is 35.4 Å². The molecule has 43 heavy (non-hydrogen) atoms. The molecular formula is C30H32N8O5. The zero-order valence-electron chi connectivity index (χ0n) is 23.7. The Morgan fingerprint density at radius 3 is 2.65 bits per heavy atom. The number of aliphatic hydroxyl groups is 2. The molecule has 0 spiro atoms. The van der Waals surface area contributed by atoms with Gasteiger partial charge in [-0.2, -0.15) is 10.2 Å². The zero-order valence-corrected chi connectivity index (χ0v) is 23.7. The molecule has 13 heteroatoms. The molecule has 3 atom stereocenters. The van der Waals surface area contributed by atoms with E-state index < -0.39 is 17.5 Å². The molecule has 0 bridgehead atoms. The molecule has 0 saturated carbocycles. The number of aliphatic carboxylic acids is 1. The van der Waals surface area contributed by atoms with Gasteiger partial charge in [0.15, 0.2) is 11.5 Å². The highest BCUT2D eigenvalue weighted by atomic mass is 16.5. The maximum atomic E-state index is 11.0. The third-order valence-electron chi connectivity index (χ3n) is 7.78. The van der Waals surface area contributed by atoms with Crippen molar-refractivity contribution in [2.24, 2.45) is 0 Å². The number of carboxylic acid groups (broad SMARTS) is 1. The number of hydrogen-bond donors (Lipinski definition) is 5. The summed E-state index contributed by atoms with van der Waals surface area (Å²) in [5.41, 5.74) is 4.48. The number of carboxylic acids is 1. The van der Waals surface area contributed by atoms with Gasteiger partial charge in [-0.15, -0.1) is 0 Å². The molecule has 6 rings (SSSR count). The summed E-state index contributed by atoms with van der Waals surface area (Å²) < 4.78 is 9.61. The number of nitrogens with zero attached hydrogens (tertiary/aromatic N) is 6. The van der Waals surface area contributed by atoms with Crippen molar-refractivity contribution in [3.63, 3.8) is 0 Å². The topological polar surface area (TPSA) is 171 Å². The summed E-state index contributed by atoms with van der Waals surface area (Å²) in [5, 5.41) is 44.0. The molecule has 5 aromatic rings. The third kappa shape index (κ3) is 5.93. The van der Waals surface area contributed by atoms with Crippen LogP contribution in [0, 0.1) is 6.92 Å². The standard InChI is InChI=1S/C30H32N8O5/c1-17-11-20(4-6-25(17)43-22-7-9-37-26(14-22)31-15-33-37)36-29-27-23(8-10-38(27)34-16-32-29)19-12-18(2)35-21(13-19)3-5-24(39)28(40)30(41)42/h4,6-11,14-16,18-19,21,35,39-40H,3,5,12-13H2,1-2H3,(H,41,42)(H,32,34,36)/b28-24-. The van der Waals surface area contributed by atoms with Gasteiger partial charge in [-0.05, 0) is 80.5 Å². The molecule has 1 aliphatic rings. The molecule has 5 N–H and O–H groups in total. The number of carbonyl (C=O) groups is 1. The highest BCUT2D eigenvalue weighted by molar-refractivity contribution is 5.84. The smallest absolute Gasteiger partial charge is 0.374 e. The lowest BCUT2D eigenvalue weighted by atomic mass is 9.82. The van der Waals surface area contributed by atoms with Crippen molar-refractivity contribution in [1.82, 2.24) is 34.5 Å². The van der Waals surface area contributed by atoms with Gasteiger partial charge < -0.3 is 30.7 Å². The number of rotatable bonds is 9. The van der Waals surface area contributed by atoms with E-state index in [4.69, 9.17) is 9.84 Å². The number of nitrogens with one attached hydrogen (secondary N) is 2. The Hall–Kier alpha value is -5.17. The van der Waals surface area contributed by atoms with Crippen LogP contribution < -0.4 is 15.4 Å². The highest BCUT2D eigenvalue weighted by Crippen LogP contribution is 2.37. The first-order valence-electron chi connectivity index (χ1n) is 14.0. The van der Waals surface area contributed by atoms with E-state index in [-0.39, 0.29) is 24.4 Å². The number of pyridine rings is 1. The van der Waals surface area contributed by atoms with Crippen molar-refractivity contribution in [1.29, 1.82) is 0 Å². The number of aryl methyl sites for hydroxylation is 1. The Kier molecular flexibility index (Phi) is 7.55. The van der Waals surface area contributed by atoms with Crippen LogP contribution in [0.1, 0.15) is 49.7 Å². The Labute approximate surface area is 246 Å². The third-order valence-corrected chi connectivity index (χ3v) is 7.78. The van der Waals surface area contributed by atoms with Crippen LogP contribution in [0.25, 0.3) is 11.2 Å². The summed E-state index contributed by atoms with van der Waals surface area (Å²) in [6, 6.07) is 11.8. The molecule has 0 amide bonds. The van der Waals surface area contributed by atoms with Crippen LogP contribution >= 0.6 is 0 Å². The minimum atomic E-state index is -1.54. The van der Waals surface area contributed by atoms with Gasteiger partial charge in [0, 0.05) is 42.7 Å². The van der Waals surface area contributed by atoms with E-state index in [2.05, 4.69) is 43.8 Å². The first-order chi connectivity index (χ1) is 20.7. The molecule has 0 aliphatic carbocycles. The fraction of sp³-hybridized carbons (Fsp3) is 0.300. The van der Waals surface area contributed by atoms with Crippen LogP contribution in [0.15, 0.2) is 73.0 Å². The van der Waals surface area contributed by atoms with E-state index in [0.717, 1.165) is 40.9 Å². The molecule has 4 aromatic heterocycles. The Balaban J connectivity index is 1.20. The Bertz CT molecular complexity index is 1830. The molecule has 1 aromatic carbocycles. The number of benzene rings is 1. The van der Waals surface area contributed by atoms with Crippen LogP contribution in [0.5, 0.6) is 11.5 Å². The molecule has 3 unspecified atom stereocenters. The summed E-state index contributed by atoms with van der Waals surface area (Å²) >= 11 is 0. The second-order valence-corrected chi connectivity index (χ2v) is 10.9. The number of hydrogen-bond acceptors (Lipinski definition) is 10. The lowest BCUT2D eigenvalue weighted by molar-refractivity contribution is -0.135. The zero-order chi connectivity index (χ0) is 30.1. The van der Waals surface area contributed by atoms with Gasteiger partial charge in [-0.3, -0.25) is 0 Å². The molecule has 0 radical (unpaired) electrons. The number of aromatic nitrogens is 6. The van der Waals surface area contributed by atoms with Crippen LogP contribution in [-0.4, -0.2) is 62.6 Å². The van der Waals surface area contributed by atoms with Crippen LogP contribution in [-0.2, 0) is 4.79 Å². The van der Waals surface area contributed by atoms with E-state index in [1.54, 1.807) is 10.7 Å². The Morgan fingerprint density at radius 1 is 1.05 bits per heavy atom. The monoisotopic (exact) mass is 584 g/mol. The van der Waals surface area contributed by atoms with Gasteiger partial charge in [0.2, 0.25) is 5.76 Å². The van der Waals surface area contributed by atoms with E-state index in [1.165, 1.54) is 12.7 Å². The van der Waals surface area contributed by atoms with Crippen LogP contribution in [0.4, 0.5) is 11.5 Å². The van der Waals surface area contributed by atoms with Crippen molar-refractivity contribution in [2.75, 3.05) is 5.32 Å². The van der Waals surface area contributed by atoms with Gasteiger partial charge in [-0.25, -0.2) is 23.8 Å². The van der Waals surface area contributed by atoms with Gasteiger partial charge in [0.25, 0.3) is 0 Å². The van der Waals surface area contributed by atoms with Crippen molar-refractivity contribution in [2.45, 2.75) is 57.5 Å². The summed E-state index contributed by atoms with van der Waals surface area (Å²) in [5.74, 6) is -0.816. The molecule has 13 nitrogen and oxygen atoms in total. The number of piperidine rings is 1. The lowest BCUT2D eigenvalue weighted by Gasteiger charge is -2.35. The van der Waals surface area contributed by atoms with E-state index in [0.29, 0.717) is 23.6 Å². The Morgan fingerprint density at radius 2 is 1.84 bits per heavy atom. The van der Waals surface area contributed by atoms with Crippen molar-refractivity contribution < 1.29 is 24.9 Å². The SMILES string of the molecule is Cc1cc(Nc2ncnn3ccc(C4CC(C)NC(CC/C(O)=C(/O)C(=O)O)C4)c23)ccc1Oc1ccn2ncnc2c1. The number of allylic oxidation sites excluding steroid dienone is 1. The van der Waals surface area contributed by atoms with Crippen LogP contribution in [0.3, 0.4) is 0 Å². The maximum Gasteiger partial charge on any atom is 0.374 e. The van der Waals surface area contributed by atoms with E-state index >= 15 is 0 Å². The fourth-order valence-corrected chi connectivity index (χ4v) is 5.78. The van der Waals surface area contributed by atoms with Crippen molar-refractivity contribution >= 4 is 28.6 Å². The van der Waals surface area contributed by atoms with E-state index in [9.17, 15) is 15.0 Å². The average Bonchev–Trinajstić information content (AvgIpc) is 3.64. The molecule has 1 fully saturated rings. The number of anilines is 2. The molecule has 5 heterocycles. The van der Waals surface area contributed by atoms with Gasteiger partial charge in [-0.1, -0.05) is 0 Å². The first-order valence-corrected chi connectivity index (χ1v) is 14.0. The first kappa shape index (κ1) is 28.0. The predicted molar refractivity (Wildman–Crippen MR) is 158 cm³/mol. The van der Waals surface area contributed by atoms with Gasteiger partial charge in [0.05, 0.1) is 0 Å². The molecule has 1 saturated heterocycles. The fourth-order valence-electron chi connectivity index (χ4n) is 5.78. The molecule has 222 valence electrons. The maximum absolute atomic E-state index is 11.0. The average molecular weight is 585 g/mol. The van der Waals surface area contributed by atoms with Crippen molar-refractivity contribution in [3.05, 3.63) is 84.1 Å². The second kappa shape index (κ2) is 11.6. The van der Waals surface area contributed by atoms with E-state index in [1.807, 2.05) is 48.0 Å².